The molecule has 22 heavy (non-hydrogen) atoms. The van der Waals surface area contributed by atoms with E-state index < -0.39 is 0 Å². The monoisotopic (exact) mass is 310 g/mol. The van der Waals surface area contributed by atoms with Gasteiger partial charge < -0.3 is 5.73 Å². The predicted octanol–water partition coefficient (Wildman–Crippen LogP) is 4.05. The standard InChI is InChI=1S/C17H15ClN4/c1-3-4-8-11(2)15(19)13-14(18)16(21-22-17(13)20)12-9-6-5-7-10-12/h3-10,19H,1-2H2,(H2,20,22)/b8-4-,19-15?. The number of nitrogen functional groups attached to an aromatic ring is 1. The maximum atomic E-state index is 8.24. The van der Waals surface area contributed by atoms with Crippen molar-refractivity contribution in [2.45, 2.75) is 0 Å². The molecule has 0 saturated heterocycles. The molecule has 0 aliphatic heterocycles. The van der Waals surface area contributed by atoms with Crippen molar-refractivity contribution >= 4 is 23.1 Å². The van der Waals surface area contributed by atoms with Crippen LogP contribution in [0.4, 0.5) is 5.82 Å². The third-order valence-electron chi connectivity index (χ3n) is 2.99. The minimum absolute atomic E-state index is 0.0998. The number of nitrogens with two attached hydrogens (primary N) is 1. The fraction of sp³-hybridized carbons (Fsp3) is 0. The molecule has 0 radical (unpaired) electrons. The smallest absolute Gasteiger partial charge is 0.157 e. The average molecular weight is 311 g/mol. The number of benzene rings is 1. The summed E-state index contributed by atoms with van der Waals surface area (Å²) in [5.74, 6) is 0.0998. The third-order valence-corrected chi connectivity index (χ3v) is 3.36. The number of nitrogens with zero attached hydrogens (tertiary/aromatic N) is 2. The van der Waals surface area contributed by atoms with Gasteiger partial charge in [-0.15, -0.1) is 10.2 Å². The molecular formula is C17H15ClN4. The molecule has 5 heteroatoms. The van der Waals surface area contributed by atoms with E-state index in [4.69, 9.17) is 22.7 Å². The second kappa shape index (κ2) is 6.83. The SMILES string of the molecule is C=C/C=C\C(=C)C(=N)c1c(N)nnc(-c2ccccc2)c1Cl. The Bertz CT molecular complexity index is 764. The highest BCUT2D eigenvalue weighted by molar-refractivity contribution is 6.38. The summed E-state index contributed by atoms with van der Waals surface area (Å²) >= 11 is 6.41. The van der Waals surface area contributed by atoms with Gasteiger partial charge in [-0.2, -0.15) is 0 Å². The van der Waals surface area contributed by atoms with Crippen LogP contribution in [0.5, 0.6) is 0 Å². The van der Waals surface area contributed by atoms with Crippen LogP contribution in [0.2, 0.25) is 5.02 Å². The van der Waals surface area contributed by atoms with Crippen LogP contribution >= 0.6 is 11.6 Å². The molecule has 4 nitrogen and oxygen atoms in total. The van der Waals surface area contributed by atoms with Crippen LogP contribution in [0.15, 0.2) is 67.3 Å². The van der Waals surface area contributed by atoms with Crippen LogP contribution in [0.1, 0.15) is 5.56 Å². The number of aromatic nitrogens is 2. The molecule has 0 fully saturated rings. The van der Waals surface area contributed by atoms with E-state index in [1.807, 2.05) is 30.3 Å². The number of anilines is 1. The van der Waals surface area contributed by atoms with Crippen molar-refractivity contribution in [3.8, 4) is 11.3 Å². The fourth-order valence-corrected chi connectivity index (χ4v) is 2.21. The summed E-state index contributed by atoms with van der Waals surface area (Å²) in [7, 11) is 0. The van der Waals surface area contributed by atoms with Crippen LogP contribution in [0.25, 0.3) is 11.3 Å². The van der Waals surface area contributed by atoms with E-state index in [0.29, 0.717) is 16.8 Å². The van der Waals surface area contributed by atoms with Crippen LogP contribution in [-0.4, -0.2) is 15.9 Å². The Labute approximate surface area is 134 Å². The van der Waals surface area contributed by atoms with Crippen molar-refractivity contribution in [2.75, 3.05) is 5.73 Å². The summed E-state index contributed by atoms with van der Waals surface area (Å²) in [6.07, 6.45) is 4.95. The first-order valence-corrected chi connectivity index (χ1v) is 6.88. The molecule has 0 atom stereocenters. The molecule has 3 N–H and O–H groups in total. The molecule has 2 rings (SSSR count). The van der Waals surface area contributed by atoms with Crippen LogP contribution < -0.4 is 5.73 Å². The van der Waals surface area contributed by atoms with E-state index in [9.17, 15) is 0 Å². The predicted molar refractivity (Wildman–Crippen MR) is 92.2 cm³/mol. The van der Waals surface area contributed by atoms with Crippen molar-refractivity contribution in [3.63, 3.8) is 0 Å². The Morgan fingerprint density at radius 1 is 1.23 bits per heavy atom. The van der Waals surface area contributed by atoms with Gasteiger partial charge in [-0.3, -0.25) is 5.41 Å². The second-order valence-corrected chi connectivity index (χ2v) is 4.86. The van der Waals surface area contributed by atoms with Crippen molar-refractivity contribution in [1.29, 1.82) is 5.41 Å². The largest absolute Gasteiger partial charge is 0.382 e. The molecule has 110 valence electrons. The minimum Gasteiger partial charge on any atom is -0.382 e. The lowest BCUT2D eigenvalue weighted by Gasteiger charge is -2.11. The average Bonchev–Trinajstić information content (AvgIpc) is 2.53. The van der Waals surface area contributed by atoms with E-state index in [1.165, 1.54) is 0 Å². The molecule has 1 aromatic carbocycles. The highest BCUT2D eigenvalue weighted by atomic mass is 35.5. The minimum atomic E-state index is 0.0998. The summed E-state index contributed by atoms with van der Waals surface area (Å²) < 4.78 is 0. The van der Waals surface area contributed by atoms with Crippen LogP contribution in [-0.2, 0) is 0 Å². The lowest BCUT2D eigenvalue weighted by molar-refractivity contribution is 1.04. The number of allylic oxidation sites excluding steroid dienone is 4. The summed E-state index contributed by atoms with van der Waals surface area (Å²) in [6.45, 7) is 7.41. The highest BCUT2D eigenvalue weighted by Gasteiger charge is 2.19. The first-order chi connectivity index (χ1) is 10.6. The third kappa shape index (κ3) is 3.13. The lowest BCUT2D eigenvalue weighted by atomic mass is 10.0. The summed E-state index contributed by atoms with van der Waals surface area (Å²) in [5.41, 5.74) is 8.03. The van der Waals surface area contributed by atoms with Gasteiger partial charge in [-0.25, -0.2) is 0 Å². The zero-order valence-corrected chi connectivity index (χ0v) is 12.6. The molecule has 1 aromatic heterocycles. The Hall–Kier alpha value is -2.72. The molecule has 0 spiro atoms. The summed E-state index contributed by atoms with van der Waals surface area (Å²) in [5, 5.41) is 16.5. The molecule has 0 aliphatic rings. The number of halogens is 1. The molecule has 0 saturated carbocycles. The van der Waals surface area contributed by atoms with E-state index >= 15 is 0 Å². The van der Waals surface area contributed by atoms with E-state index in [0.717, 1.165) is 5.56 Å². The van der Waals surface area contributed by atoms with Gasteiger partial charge >= 0.3 is 0 Å². The quantitative estimate of drug-likeness (QED) is 0.646. The first kappa shape index (κ1) is 15.7. The van der Waals surface area contributed by atoms with Gasteiger partial charge in [-0.05, 0) is 5.57 Å². The van der Waals surface area contributed by atoms with Crippen molar-refractivity contribution < 1.29 is 0 Å². The van der Waals surface area contributed by atoms with Gasteiger partial charge in [0.25, 0.3) is 0 Å². The van der Waals surface area contributed by atoms with E-state index in [2.05, 4.69) is 23.4 Å². The molecule has 0 aliphatic carbocycles. The van der Waals surface area contributed by atoms with Gasteiger partial charge in [0, 0.05) is 5.56 Å². The molecule has 0 bridgehead atoms. The summed E-state index contributed by atoms with van der Waals surface area (Å²) in [4.78, 5) is 0. The number of nitrogens with one attached hydrogen (secondary N) is 1. The Morgan fingerprint density at radius 3 is 2.55 bits per heavy atom. The normalized spacial score (nSPS) is 10.6. The zero-order chi connectivity index (χ0) is 16.1. The maximum Gasteiger partial charge on any atom is 0.157 e. The molecule has 0 amide bonds. The van der Waals surface area contributed by atoms with E-state index in [-0.39, 0.29) is 16.6 Å². The van der Waals surface area contributed by atoms with Gasteiger partial charge in [0.15, 0.2) is 5.82 Å². The second-order valence-electron chi connectivity index (χ2n) is 4.48. The molecule has 0 unspecified atom stereocenters. The van der Waals surface area contributed by atoms with Crippen LogP contribution in [0, 0.1) is 5.41 Å². The zero-order valence-electron chi connectivity index (χ0n) is 11.9. The fourth-order valence-electron chi connectivity index (χ4n) is 1.87. The van der Waals surface area contributed by atoms with Gasteiger partial charge in [0.1, 0.15) is 5.69 Å². The number of hydrogen-bond acceptors (Lipinski definition) is 4. The highest BCUT2D eigenvalue weighted by Crippen LogP contribution is 2.31. The van der Waals surface area contributed by atoms with Crippen molar-refractivity contribution in [3.05, 3.63) is 77.9 Å². The molecule has 1 heterocycles. The first-order valence-electron chi connectivity index (χ1n) is 6.50. The van der Waals surface area contributed by atoms with Gasteiger partial charge in [0.05, 0.1) is 16.3 Å². The number of rotatable bonds is 5. The maximum absolute atomic E-state index is 8.24. The van der Waals surface area contributed by atoms with Crippen molar-refractivity contribution in [1.82, 2.24) is 10.2 Å². The van der Waals surface area contributed by atoms with Gasteiger partial charge in [0.2, 0.25) is 0 Å². The number of hydrogen-bond donors (Lipinski definition) is 2. The summed E-state index contributed by atoms with van der Waals surface area (Å²) in [6, 6.07) is 9.38. The Morgan fingerprint density at radius 2 is 1.91 bits per heavy atom. The lowest BCUT2D eigenvalue weighted by Crippen LogP contribution is -2.10. The van der Waals surface area contributed by atoms with Crippen molar-refractivity contribution in [2.24, 2.45) is 0 Å². The van der Waals surface area contributed by atoms with Gasteiger partial charge in [-0.1, -0.05) is 73.3 Å². The molecule has 2 aromatic rings. The topological polar surface area (TPSA) is 75.7 Å². The Kier molecular flexibility index (Phi) is 4.86. The molecular weight excluding hydrogens is 296 g/mol. The van der Waals surface area contributed by atoms with E-state index in [1.54, 1.807) is 18.2 Å². The van der Waals surface area contributed by atoms with Crippen LogP contribution in [0.3, 0.4) is 0 Å². The Balaban J connectivity index is 2.53.